The molecule has 0 amide bonds. The van der Waals surface area contributed by atoms with Crippen LogP contribution in [0.4, 0.5) is 0 Å². The maximum absolute atomic E-state index is 8.06. The maximum Gasteiger partial charge on any atom is 0.137 e. The molecule has 0 unspecified atom stereocenters. The third kappa shape index (κ3) is 2.14. The van der Waals surface area contributed by atoms with Crippen LogP contribution in [0.5, 0.6) is 5.75 Å². The number of pyridine rings is 1. The highest BCUT2D eigenvalue weighted by Crippen LogP contribution is 2.10. The number of hydrogen-bond donors (Lipinski definition) is 0. The molecular weight excluding hydrogens is 156 g/mol. The van der Waals surface area contributed by atoms with Gasteiger partial charge in [0.2, 0.25) is 0 Å². The molecule has 0 spiro atoms. The van der Waals surface area contributed by atoms with Crippen molar-refractivity contribution in [1.82, 2.24) is 4.98 Å². The Balaban J connectivity index is 2.78. The molecule has 5 heteroatoms. The lowest BCUT2D eigenvalue weighted by molar-refractivity contribution is 0.412. The van der Waals surface area contributed by atoms with Gasteiger partial charge >= 0.3 is 0 Å². The normalized spacial score (nSPS) is 8.75. The van der Waals surface area contributed by atoms with Crippen molar-refractivity contribution in [1.29, 1.82) is 0 Å². The maximum atomic E-state index is 8.06. The predicted octanol–water partition coefficient (Wildman–Crippen LogP) is 1.90. The first kappa shape index (κ1) is 8.36. The van der Waals surface area contributed by atoms with Crippen LogP contribution >= 0.6 is 0 Å². The van der Waals surface area contributed by atoms with Crippen molar-refractivity contribution in [3.05, 3.63) is 34.5 Å². The number of ether oxygens (including phenoxy) is 1. The first-order valence-electron chi connectivity index (χ1n) is 3.35. The molecule has 1 aromatic heterocycles. The Morgan fingerprint density at radius 2 is 2.50 bits per heavy atom. The summed E-state index contributed by atoms with van der Waals surface area (Å²) in [7, 11) is 1.56. The first-order chi connectivity index (χ1) is 5.86. The largest absolute Gasteiger partial charge is 0.495 e. The molecule has 1 rings (SSSR count). The van der Waals surface area contributed by atoms with E-state index in [0.717, 1.165) is 5.56 Å². The Hall–Kier alpha value is -1.74. The van der Waals surface area contributed by atoms with E-state index in [9.17, 15) is 0 Å². The van der Waals surface area contributed by atoms with Crippen molar-refractivity contribution in [3.8, 4) is 5.75 Å². The zero-order chi connectivity index (χ0) is 8.81. The number of aromatic nitrogens is 1. The van der Waals surface area contributed by atoms with Crippen molar-refractivity contribution in [2.75, 3.05) is 7.11 Å². The predicted molar refractivity (Wildman–Crippen MR) is 43.6 cm³/mol. The van der Waals surface area contributed by atoms with Gasteiger partial charge < -0.3 is 4.74 Å². The minimum absolute atomic E-state index is 0.306. The van der Waals surface area contributed by atoms with Crippen molar-refractivity contribution in [3.63, 3.8) is 0 Å². The van der Waals surface area contributed by atoms with E-state index in [2.05, 4.69) is 15.0 Å². The minimum Gasteiger partial charge on any atom is -0.495 e. The lowest BCUT2D eigenvalue weighted by atomic mass is 10.3. The molecule has 1 aromatic rings. The fraction of sp³-hybridized carbons (Fsp3) is 0.286. The summed E-state index contributed by atoms with van der Waals surface area (Å²) in [6.45, 7) is 0.306. The topological polar surface area (TPSA) is 70.9 Å². The van der Waals surface area contributed by atoms with Crippen LogP contribution in [-0.4, -0.2) is 12.1 Å². The summed E-state index contributed by atoms with van der Waals surface area (Å²) >= 11 is 0. The van der Waals surface area contributed by atoms with Crippen molar-refractivity contribution in [2.45, 2.75) is 6.54 Å². The number of methoxy groups -OCH3 is 1. The zero-order valence-electron chi connectivity index (χ0n) is 6.64. The average molecular weight is 164 g/mol. The standard InChI is InChI=1S/C7H8N4O/c1-12-7-2-6(3-9-5-7)4-10-11-8/h2-3,5H,4H2,1H3. The Morgan fingerprint density at radius 1 is 1.67 bits per heavy atom. The highest BCUT2D eigenvalue weighted by molar-refractivity contribution is 5.23. The van der Waals surface area contributed by atoms with Crippen molar-refractivity contribution >= 4 is 0 Å². The van der Waals surface area contributed by atoms with Gasteiger partial charge in [0.05, 0.1) is 19.9 Å². The Morgan fingerprint density at radius 3 is 3.17 bits per heavy atom. The molecule has 62 valence electrons. The van der Waals surface area contributed by atoms with E-state index in [0.29, 0.717) is 12.3 Å². The van der Waals surface area contributed by atoms with Crippen LogP contribution in [-0.2, 0) is 6.54 Å². The number of nitrogens with zero attached hydrogens (tertiary/aromatic N) is 4. The molecule has 0 atom stereocenters. The molecule has 0 saturated carbocycles. The third-order valence-corrected chi connectivity index (χ3v) is 1.32. The summed E-state index contributed by atoms with van der Waals surface area (Å²) in [5.41, 5.74) is 8.90. The SMILES string of the molecule is COc1cncc(CN=[N+]=[N-])c1. The fourth-order valence-electron chi connectivity index (χ4n) is 0.775. The molecule has 0 saturated heterocycles. The molecule has 1 heterocycles. The second kappa shape index (κ2) is 4.20. The van der Waals surface area contributed by atoms with E-state index in [1.54, 1.807) is 25.6 Å². The van der Waals surface area contributed by atoms with Gasteiger partial charge in [-0.15, -0.1) is 0 Å². The summed E-state index contributed by atoms with van der Waals surface area (Å²) in [6.07, 6.45) is 3.23. The van der Waals surface area contributed by atoms with Gasteiger partial charge in [-0.3, -0.25) is 4.98 Å². The Kier molecular flexibility index (Phi) is 2.93. The lowest BCUT2D eigenvalue weighted by Gasteiger charge is -1.99. The summed E-state index contributed by atoms with van der Waals surface area (Å²) in [4.78, 5) is 6.54. The quantitative estimate of drug-likeness (QED) is 0.389. The molecule has 0 N–H and O–H groups in total. The van der Waals surface area contributed by atoms with E-state index < -0.39 is 0 Å². The van der Waals surface area contributed by atoms with Crippen LogP contribution in [0.25, 0.3) is 10.4 Å². The smallest absolute Gasteiger partial charge is 0.137 e. The molecule has 0 aliphatic rings. The molecule has 5 nitrogen and oxygen atoms in total. The zero-order valence-corrected chi connectivity index (χ0v) is 6.64. The van der Waals surface area contributed by atoms with Crippen LogP contribution in [0.1, 0.15) is 5.56 Å². The Labute approximate surface area is 69.6 Å². The number of rotatable bonds is 3. The van der Waals surface area contributed by atoms with Gasteiger partial charge in [0, 0.05) is 11.1 Å². The first-order valence-corrected chi connectivity index (χ1v) is 3.35. The molecule has 0 bridgehead atoms. The van der Waals surface area contributed by atoms with Crippen LogP contribution in [0.3, 0.4) is 0 Å². The van der Waals surface area contributed by atoms with Gasteiger partial charge in [-0.25, -0.2) is 0 Å². The van der Waals surface area contributed by atoms with Crippen LogP contribution in [0, 0.1) is 0 Å². The molecule has 0 aromatic carbocycles. The molecule has 0 aliphatic carbocycles. The van der Waals surface area contributed by atoms with Crippen LogP contribution < -0.4 is 4.74 Å². The van der Waals surface area contributed by atoms with E-state index >= 15 is 0 Å². The second-order valence-electron chi connectivity index (χ2n) is 2.12. The van der Waals surface area contributed by atoms with Crippen LogP contribution in [0.2, 0.25) is 0 Å². The van der Waals surface area contributed by atoms with E-state index in [-0.39, 0.29) is 0 Å². The lowest BCUT2D eigenvalue weighted by Crippen LogP contribution is -1.87. The molecule has 0 radical (unpaired) electrons. The van der Waals surface area contributed by atoms with Gasteiger partial charge in [0.25, 0.3) is 0 Å². The monoisotopic (exact) mass is 164 g/mol. The molecule has 0 fully saturated rings. The summed E-state index contributed by atoms with van der Waals surface area (Å²) in [5.74, 6) is 0.667. The van der Waals surface area contributed by atoms with Crippen LogP contribution in [0.15, 0.2) is 23.6 Å². The van der Waals surface area contributed by atoms with Crippen molar-refractivity contribution in [2.24, 2.45) is 5.11 Å². The fourth-order valence-corrected chi connectivity index (χ4v) is 0.775. The van der Waals surface area contributed by atoms with E-state index in [1.807, 2.05) is 0 Å². The number of azide groups is 1. The van der Waals surface area contributed by atoms with Gasteiger partial charge in [-0.1, -0.05) is 5.11 Å². The van der Waals surface area contributed by atoms with E-state index in [1.165, 1.54) is 0 Å². The molecule has 0 aliphatic heterocycles. The summed E-state index contributed by atoms with van der Waals surface area (Å²) in [6, 6.07) is 1.78. The minimum atomic E-state index is 0.306. The molecular formula is C7H8N4O. The second-order valence-corrected chi connectivity index (χ2v) is 2.12. The number of hydrogen-bond acceptors (Lipinski definition) is 3. The average Bonchev–Trinajstić information content (AvgIpc) is 2.15. The van der Waals surface area contributed by atoms with Crippen molar-refractivity contribution < 1.29 is 4.74 Å². The van der Waals surface area contributed by atoms with Gasteiger partial charge in [0.15, 0.2) is 0 Å². The summed E-state index contributed by atoms with van der Waals surface area (Å²) in [5, 5.41) is 3.40. The van der Waals surface area contributed by atoms with Gasteiger partial charge in [-0.05, 0) is 17.2 Å². The highest BCUT2D eigenvalue weighted by Gasteiger charge is 1.93. The van der Waals surface area contributed by atoms with Gasteiger partial charge in [0.1, 0.15) is 5.75 Å². The third-order valence-electron chi connectivity index (χ3n) is 1.32. The van der Waals surface area contributed by atoms with Gasteiger partial charge in [-0.2, -0.15) is 0 Å². The molecule has 12 heavy (non-hydrogen) atoms. The van der Waals surface area contributed by atoms with E-state index in [4.69, 9.17) is 10.3 Å². The summed E-state index contributed by atoms with van der Waals surface area (Å²) < 4.78 is 4.94. The highest BCUT2D eigenvalue weighted by atomic mass is 16.5. The Bertz CT molecular complexity index is 306.